The van der Waals surface area contributed by atoms with E-state index >= 15 is 0 Å². The molecule has 9 heteroatoms. The first-order valence-corrected chi connectivity index (χ1v) is 9.33. The van der Waals surface area contributed by atoms with Gasteiger partial charge in [-0.3, -0.25) is 9.69 Å². The molecule has 0 spiro atoms. The summed E-state index contributed by atoms with van der Waals surface area (Å²) in [4.78, 5) is 13.9. The molecular formula is C15H22FN3O4S. The minimum Gasteiger partial charge on any atom is -0.395 e. The monoisotopic (exact) mass is 359 g/mol. The molecule has 1 aromatic rings. The quantitative estimate of drug-likeness (QED) is 0.664. The number of aliphatic hydroxyl groups is 1. The molecule has 1 aromatic carbocycles. The first-order chi connectivity index (χ1) is 11.3. The molecule has 24 heavy (non-hydrogen) atoms. The van der Waals surface area contributed by atoms with Gasteiger partial charge in [-0.25, -0.2) is 17.9 Å². The molecule has 7 nitrogen and oxygen atoms in total. The van der Waals surface area contributed by atoms with Crippen molar-refractivity contribution in [3.8, 4) is 0 Å². The molecule has 1 atom stereocenters. The van der Waals surface area contributed by atoms with E-state index in [-0.39, 0.29) is 29.7 Å². The Morgan fingerprint density at radius 1 is 1.42 bits per heavy atom. The Balaban J connectivity index is 1.97. The van der Waals surface area contributed by atoms with E-state index in [0.29, 0.717) is 6.54 Å². The Bertz CT molecular complexity index is 696. The first kappa shape index (κ1) is 18.8. The van der Waals surface area contributed by atoms with E-state index in [1.807, 2.05) is 0 Å². The Hall–Kier alpha value is -1.55. The van der Waals surface area contributed by atoms with Gasteiger partial charge in [0.1, 0.15) is 5.82 Å². The number of benzene rings is 1. The van der Waals surface area contributed by atoms with E-state index in [1.54, 1.807) is 0 Å². The molecule has 134 valence electrons. The number of amides is 1. The van der Waals surface area contributed by atoms with Gasteiger partial charge in [-0.2, -0.15) is 0 Å². The topological polar surface area (TPSA) is 113 Å². The number of halogens is 1. The highest BCUT2D eigenvalue weighted by Gasteiger charge is 2.22. The number of aliphatic hydroxyl groups excluding tert-OH is 1. The number of carbonyl (C=O) groups is 1. The molecule has 0 saturated carbocycles. The number of piperidine rings is 1. The Morgan fingerprint density at radius 2 is 2.17 bits per heavy atom. The molecule has 1 heterocycles. The maximum atomic E-state index is 13.8. The lowest BCUT2D eigenvalue weighted by atomic mass is 10.0. The van der Waals surface area contributed by atoms with Gasteiger partial charge in [-0.15, -0.1) is 0 Å². The van der Waals surface area contributed by atoms with E-state index in [0.717, 1.165) is 44.0 Å². The number of sulfonamides is 1. The van der Waals surface area contributed by atoms with Crippen molar-refractivity contribution in [2.45, 2.75) is 30.2 Å². The molecule has 1 saturated heterocycles. The third-order valence-electron chi connectivity index (χ3n) is 4.16. The zero-order valence-electron chi connectivity index (χ0n) is 13.2. The highest BCUT2D eigenvalue weighted by Crippen LogP contribution is 2.16. The second-order valence-corrected chi connectivity index (χ2v) is 7.37. The Morgan fingerprint density at radius 3 is 2.83 bits per heavy atom. The number of hydrogen-bond acceptors (Lipinski definition) is 5. The summed E-state index contributed by atoms with van der Waals surface area (Å²) in [6.07, 6.45) is 3.02. The van der Waals surface area contributed by atoms with E-state index < -0.39 is 21.7 Å². The lowest BCUT2D eigenvalue weighted by Gasteiger charge is -2.34. The lowest BCUT2D eigenvalue weighted by molar-refractivity contribution is 0.0847. The van der Waals surface area contributed by atoms with Crippen molar-refractivity contribution in [3.05, 3.63) is 29.6 Å². The number of nitrogens with two attached hydrogens (primary N) is 1. The third-order valence-corrected chi connectivity index (χ3v) is 5.07. The van der Waals surface area contributed by atoms with Crippen molar-refractivity contribution in [1.29, 1.82) is 0 Å². The van der Waals surface area contributed by atoms with Crippen molar-refractivity contribution < 1.29 is 22.7 Å². The molecule has 1 fully saturated rings. The van der Waals surface area contributed by atoms with Gasteiger partial charge < -0.3 is 10.4 Å². The number of primary sulfonamides is 1. The zero-order chi connectivity index (χ0) is 17.7. The summed E-state index contributed by atoms with van der Waals surface area (Å²) < 4.78 is 36.4. The highest BCUT2D eigenvalue weighted by atomic mass is 32.2. The van der Waals surface area contributed by atoms with Gasteiger partial charge in [0.05, 0.1) is 17.1 Å². The van der Waals surface area contributed by atoms with Crippen molar-refractivity contribution in [2.75, 3.05) is 26.2 Å². The van der Waals surface area contributed by atoms with Crippen molar-refractivity contribution in [1.82, 2.24) is 10.2 Å². The van der Waals surface area contributed by atoms with E-state index in [4.69, 9.17) is 5.14 Å². The molecule has 0 bridgehead atoms. The summed E-state index contributed by atoms with van der Waals surface area (Å²) in [5.74, 6) is -1.51. The predicted molar refractivity (Wildman–Crippen MR) is 86.4 cm³/mol. The van der Waals surface area contributed by atoms with Gasteiger partial charge in [-0.1, -0.05) is 6.42 Å². The van der Waals surface area contributed by atoms with Gasteiger partial charge in [0.2, 0.25) is 10.0 Å². The number of nitrogens with zero attached hydrogens (tertiary/aromatic N) is 1. The number of carbonyl (C=O) groups excluding carboxylic acids is 1. The molecule has 0 radical (unpaired) electrons. The normalized spacial score (nSPS) is 19.2. The van der Waals surface area contributed by atoms with Crippen LogP contribution in [0.25, 0.3) is 0 Å². The minimum atomic E-state index is -4.01. The van der Waals surface area contributed by atoms with Crippen LogP contribution in [0.5, 0.6) is 0 Å². The summed E-state index contributed by atoms with van der Waals surface area (Å²) in [5.41, 5.74) is -0.362. The largest absolute Gasteiger partial charge is 0.395 e. The molecule has 1 amide bonds. The number of likely N-dealkylation sites (tertiary alicyclic amines) is 1. The average Bonchev–Trinajstić information content (AvgIpc) is 2.54. The van der Waals surface area contributed by atoms with E-state index in [9.17, 15) is 22.7 Å². The number of nitrogens with one attached hydrogen (secondary N) is 1. The third kappa shape index (κ3) is 4.73. The standard InChI is InChI=1S/C15H22FN3O4S/c16-14-5-4-12(24(17,22)23)9-13(14)15(21)18-6-8-19-7-2-1-3-11(19)10-20/h4-5,9,11,20H,1-3,6-8,10H2,(H,18,21)(H2,17,22,23)/t11-/m1/s1. The second kappa shape index (κ2) is 8.02. The van der Waals surface area contributed by atoms with Crippen LogP contribution in [-0.4, -0.2) is 56.6 Å². The molecule has 1 aliphatic rings. The van der Waals surface area contributed by atoms with Crippen molar-refractivity contribution in [2.24, 2.45) is 5.14 Å². The van der Waals surface area contributed by atoms with Crippen LogP contribution in [0.15, 0.2) is 23.1 Å². The summed E-state index contributed by atoms with van der Waals surface area (Å²) in [6.45, 7) is 1.72. The van der Waals surface area contributed by atoms with Gasteiger partial charge >= 0.3 is 0 Å². The second-order valence-electron chi connectivity index (χ2n) is 5.81. The van der Waals surface area contributed by atoms with Crippen LogP contribution in [-0.2, 0) is 10.0 Å². The smallest absolute Gasteiger partial charge is 0.254 e. The molecular weight excluding hydrogens is 337 g/mol. The van der Waals surface area contributed by atoms with Crippen LogP contribution in [0.4, 0.5) is 4.39 Å². The van der Waals surface area contributed by atoms with Crippen LogP contribution < -0.4 is 10.5 Å². The lowest BCUT2D eigenvalue weighted by Crippen LogP contribution is -2.45. The van der Waals surface area contributed by atoms with E-state index in [2.05, 4.69) is 10.2 Å². The van der Waals surface area contributed by atoms with Crippen LogP contribution in [0, 0.1) is 5.82 Å². The van der Waals surface area contributed by atoms with Crippen LogP contribution >= 0.6 is 0 Å². The fourth-order valence-corrected chi connectivity index (χ4v) is 3.36. The maximum Gasteiger partial charge on any atom is 0.254 e. The van der Waals surface area contributed by atoms with Crippen LogP contribution in [0.1, 0.15) is 29.6 Å². The minimum absolute atomic E-state index is 0.0684. The zero-order valence-corrected chi connectivity index (χ0v) is 14.1. The van der Waals surface area contributed by atoms with Gasteiger partial charge in [0, 0.05) is 19.1 Å². The van der Waals surface area contributed by atoms with Crippen molar-refractivity contribution >= 4 is 15.9 Å². The molecule has 0 aliphatic carbocycles. The van der Waals surface area contributed by atoms with Gasteiger partial charge in [-0.05, 0) is 37.6 Å². The number of hydrogen-bond donors (Lipinski definition) is 3. The van der Waals surface area contributed by atoms with Gasteiger partial charge in [0.25, 0.3) is 5.91 Å². The fourth-order valence-electron chi connectivity index (χ4n) is 2.82. The molecule has 1 aliphatic heterocycles. The average molecular weight is 359 g/mol. The van der Waals surface area contributed by atoms with Gasteiger partial charge in [0.15, 0.2) is 0 Å². The first-order valence-electron chi connectivity index (χ1n) is 7.78. The highest BCUT2D eigenvalue weighted by molar-refractivity contribution is 7.89. The fraction of sp³-hybridized carbons (Fsp3) is 0.533. The van der Waals surface area contributed by atoms with Crippen molar-refractivity contribution in [3.63, 3.8) is 0 Å². The van der Waals surface area contributed by atoms with E-state index in [1.165, 1.54) is 0 Å². The number of rotatable bonds is 6. The maximum absolute atomic E-state index is 13.8. The Kier molecular flexibility index (Phi) is 6.27. The van der Waals surface area contributed by atoms with Crippen LogP contribution in [0.3, 0.4) is 0 Å². The summed E-state index contributed by atoms with van der Waals surface area (Å²) in [7, 11) is -4.01. The summed E-state index contributed by atoms with van der Waals surface area (Å²) >= 11 is 0. The molecule has 0 unspecified atom stereocenters. The SMILES string of the molecule is NS(=O)(=O)c1ccc(F)c(C(=O)NCCN2CCCC[C@@H]2CO)c1. The molecule has 2 rings (SSSR count). The van der Waals surface area contributed by atoms with Crippen LogP contribution in [0.2, 0.25) is 0 Å². The predicted octanol–water partition coefficient (Wildman–Crippen LogP) is 0.0497. The molecule has 4 N–H and O–H groups in total. The summed E-state index contributed by atoms with van der Waals surface area (Å²) in [5, 5.41) is 16.9. The summed E-state index contributed by atoms with van der Waals surface area (Å²) in [6, 6.07) is 2.93. The molecule has 0 aromatic heterocycles. The Labute approximate surface area is 140 Å².